The summed E-state index contributed by atoms with van der Waals surface area (Å²) in [6, 6.07) is 18.0. The molecule has 5 heteroatoms. The minimum Gasteiger partial charge on any atom is -0.370 e. The van der Waals surface area contributed by atoms with Crippen LogP contribution in [0, 0.1) is 25.2 Å². The third-order valence-electron chi connectivity index (χ3n) is 4.06. The van der Waals surface area contributed by atoms with Crippen LogP contribution in [0.2, 0.25) is 0 Å². The largest absolute Gasteiger partial charge is 0.370 e. The molecule has 0 radical (unpaired) electrons. The molecular weight excluding hydrogens is 322 g/mol. The van der Waals surface area contributed by atoms with E-state index in [1.54, 1.807) is 0 Å². The molecule has 1 aromatic heterocycles. The van der Waals surface area contributed by atoms with E-state index >= 15 is 0 Å². The van der Waals surface area contributed by atoms with Crippen LogP contribution in [0.15, 0.2) is 48.5 Å². The standard InChI is InChI=1S/C21H21N5/c1-14-9-15(2)11-18(10-14)19-12-20(26-21(23)25-19)24-8-7-16-3-5-17(13-22)6-4-16/h3-6,9-12H,7-8H2,1-2H3,(H3,23,24,25,26). The SMILES string of the molecule is Cc1cc(C)cc(-c2cc(NCCc3ccc(C#N)cc3)nc(N)n2)c1. The van der Waals surface area contributed by atoms with Crippen molar-refractivity contribution in [2.45, 2.75) is 20.3 Å². The summed E-state index contributed by atoms with van der Waals surface area (Å²) in [6.45, 7) is 4.85. The van der Waals surface area contributed by atoms with Crippen molar-refractivity contribution < 1.29 is 0 Å². The first-order valence-corrected chi connectivity index (χ1v) is 8.49. The van der Waals surface area contributed by atoms with Crippen molar-refractivity contribution in [3.05, 3.63) is 70.8 Å². The molecule has 0 atom stereocenters. The zero-order valence-electron chi connectivity index (χ0n) is 15.0. The van der Waals surface area contributed by atoms with Crippen molar-refractivity contribution in [1.29, 1.82) is 5.26 Å². The van der Waals surface area contributed by atoms with Gasteiger partial charge in [-0.15, -0.1) is 0 Å². The van der Waals surface area contributed by atoms with E-state index in [0.717, 1.165) is 23.2 Å². The fourth-order valence-corrected chi connectivity index (χ4v) is 2.91. The fraction of sp³-hybridized carbons (Fsp3) is 0.190. The van der Waals surface area contributed by atoms with Crippen molar-refractivity contribution >= 4 is 11.8 Å². The molecule has 0 unspecified atom stereocenters. The third-order valence-corrected chi connectivity index (χ3v) is 4.06. The summed E-state index contributed by atoms with van der Waals surface area (Å²) in [6.07, 6.45) is 0.828. The van der Waals surface area contributed by atoms with Gasteiger partial charge in [-0.05, 0) is 50.1 Å². The first-order valence-electron chi connectivity index (χ1n) is 8.49. The number of anilines is 2. The molecule has 0 fully saturated rings. The van der Waals surface area contributed by atoms with Gasteiger partial charge in [0.05, 0.1) is 17.3 Å². The van der Waals surface area contributed by atoms with Gasteiger partial charge in [0, 0.05) is 18.2 Å². The number of nitrogens with zero attached hydrogens (tertiary/aromatic N) is 3. The molecule has 0 saturated heterocycles. The minimum atomic E-state index is 0.252. The maximum Gasteiger partial charge on any atom is 0.222 e. The van der Waals surface area contributed by atoms with Crippen LogP contribution in [-0.4, -0.2) is 16.5 Å². The normalized spacial score (nSPS) is 10.3. The summed E-state index contributed by atoms with van der Waals surface area (Å²) in [5, 5.41) is 12.2. The van der Waals surface area contributed by atoms with Gasteiger partial charge in [0.25, 0.3) is 0 Å². The van der Waals surface area contributed by atoms with Crippen LogP contribution >= 0.6 is 0 Å². The molecular formula is C21H21N5. The number of hydrogen-bond acceptors (Lipinski definition) is 5. The lowest BCUT2D eigenvalue weighted by molar-refractivity contribution is 1.00. The van der Waals surface area contributed by atoms with Gasteiger partial charge in [0.15, 0.2) is 0 Å². The molecule has 1 heterocycles. The van der Waals surface area contributed by atoms with E-state index in [-0.39, 0.29) is 5.95 Å². The second-order valence-corrected chi connectivity index (χ2v) is 6.36. The summed E-state index contributed by atoms with van der Waals surface area (Å²) >= 11 is 0. The van der Waals surface area contributed by atoms with Crippen LogP contribution in [0.4, 0.5) is 11.8 Å². The maximum absolute atomic E-state index is 8.85. The Morgan fingerprint density at radius 1 is 1.00 bits per heavy atom. The average Bonchev–Trinajstić information content (AvgIpc) is 2.61. The van der Waals surface area contributed by atoms with Crippen molar-refractivity contribution in [2.24, 2.45) is 0 Å². The summed E-state index contributed by atoms with van der Waals surface area (Å²) in [4.78, 5) is 8.64. The number of nitrogens with two attached hydrogens (primary N) is 1. The van der Waals surface area contributed by atoms with E-state index in [2.05, 4.69) is 53.4 Å². The van der Waals surface area contributed by atoms with Crippen molar-refractivity contribution in [3.8, 4) is 17.3 Å². The van der Waals surface area contributed by atoms with Crippen LogP contribution in [0.5, 0.6) is 0 Å². The number of benzene rings is 2. The number of nitrogens with one attached hydrogen (secondary N) is 1. The smallest absolute Gasteiger partial charge is 0.222 e. The molecule has 3 aromatic rings. The van der Waals surface area contributed by atoms with E-state index in [9.17, 15) is 0 Å². The number of rotatable bonds is 5. The Bertz CT molecular complexity index is 935. The lowest BCUT2D eigenvalue weighted by Crippen LogP contribution is -2.08. The van der Waals surface area contributed by atoms with Crippen molar-refractivity contribution in [1.82, 2.24) is 9.97 Å². The molecule has 0 saturated carbocycles. The Labute approximate surface area is 153 Å². The maximum atomic E-state index is 8.85. The highest BCUT2D eigenvalue weighted by Crippen LogP contribution is 2.23. The van der Waals surface area contributed by atoms with E-state index in [4.69, 9.17) is 11.0 Å². The lowest BCUT2D eigenvalue weighted by atomic mass is 10.0. The van der Waals surface area contributed by atoms with Gasteiger partial charge >= 0.3 is 0 Å². The molecule has 3 N–H and O–H groups in total. The molecule has 0 spiro atoms. The molecule has 0 amide bonds. The Balaban J connectivity index is 1.72. The number of nitriles is 1. The molecule has 26 heavy (non-hydrogen) atoms. The van der Waals surface area contributed by atoms with Crippen LogP contribution in [-0.2, 0) is 6.42 Å². The first kappa shape index (κ1) is 17.4. The van der Waals surface area contributed by atoms with Gasteiger partial charge in [-0.2, -0.15) is 10.2 Å². The number of nitrogen functional groups attached to an aromatic ring is 1. The zero-order valence-corrected chi connectivity index (χ0v) is 15.0. The summed E-state index contributed by atoms with van der Waals surface area (Å²) < 4.78 is 0. The highest BCUT2D eigenvalue weighted by Gasteiger charge is 2.06. The van der Waals surface area contributed by atoms with E-state index in [1.165, 1.54) is 11.1 Å². The topological polar surface area (TPSA) is 87.6 Å². The van der Waals surface area contributed by atoms with Gasteiger partial charge in [0.2, 0.25) is 5.95 Å². The first-order chi connectivity index (χ1) is 12.5. The highest BCUT2D eigenvalue weighted by molar-refractivity contribution is 5.65. The quantitative estimate of drug-likeness (QED) is 0.734. The second-order valence-electron chi connectivity index (χ2n) is 6.36. The highest BCUT2D eigenvalue weighted by atomic mass is 15.1. The van der Waals surface area contributed by atoms with Gasteiger partial charge in [-0.3, -0.25) is 0 Å². The molecule has 0 aliphatic heterocycles. The molecule has 0 aliphatic carbocycles. The predicted molar refractivity (Wildman–Crippen MR) is 105 cm³/mol. The zero-order chi connectivity index (χ0) is 18.5. The van der Waals surface area contributed by atoms with Gasteiger partial charge < -0.3 is 11.1 Å². The predicted octanol–water partition coefficient (Wildman–Crippen LogP) is 3.87. The third kappa shape index (κ3) is 4.37. The molecule has 0 bridgehead atoms. The summed E-state index contributed by atoms with van der Waals surface area (Å²) in [5.74, 6) is 0.961. The Morgan fingerprint density at radius 2 is 1.69 bits per heavy atom. The van der Waals surface area contributed by atoms with Gasteiger partial charge in [-0.1, -0.05) is 29.3 Å². The lowest BCUT2D eigenvalue weighted by Gasteiger charge is -2.10. The van der Waals surface area contributed by atoms with E-state index in [0.29, 0.717) is 17.9 Å². The van der Waals surface area contributed by atoms with Crippen LogP contribution in [0.1, 0.15) is 22.3 Å². The Morgan fingerprint density at radius 3 is 2.35 bits per heavy atom. The summed E-state index contributed by atoms with van der Waals surface area (Å²) in [5.41, 5.74) is 11.9. The second kappa shape index (κ2) is 7.66. The van der Waals surface area contributed by atoms with Crippen LogP contribution in [0.25, 0.3) is 11.3 Å². The van der Waals surface area contributed by atoms with Crippen LogP contribution < -0.4 is 11.1 Å². The van der Waals surface area contributed by atoms with E-state index in [1.807, 2.05) is 30.3 Å². The summed E-state index contributed by atoms with van der Waals surface area (Å²) in [7, 11) is 0. The van der Waals surface area contributed by atoms with Gasteiger partial charge in [0.1, 0.15) is 5.82 Å². The molecule has 3 rings (SSSR count). The number of aromatic nitrogens is 2. The fourth-order valence-electron chi connectivity index (χ4n) is 2.91. The Hall–Kier alpha value is -3.39. The van der Waals surface area contributed by atoms with E-state index < -0.39 is 0 Å². The van der Waals surface area contributed by atoms with Gasteiger partial charge in [-0.25, -0.2) is 4.98 Å². The Kier molecular flexibility index (Phi) is 5.14. The van der Waals surface area contributed by atoms with Crippen molar-refractivity contribution in [3.63, 3.8) is 0 Å². The monoisotopic (exact) mass is 343 g/mol. The average molecular weight is 343 g/mol. The number of hydrogen-bond donors (Lipinski definition) is 2. The molecule has 0 aliphatic rings. The number of aryl methyl sites for hydroxylation is 2. The molecule has 2 aromatic carbocycles. The van der Waals surface area contributed by atoms with Crippen LogP contribution in [0.3, 0.4) is 0 Å². The minimum absolute atomic E-state index is 0.252. The molecule has 130 valence electrons. The van der Waals surface area contributed by atoms with Crippen molar-refractivity contribution in [2.75, 3.05) is 17.6 Å². The molecule has 5 nitrogen and oxygen atoms in total.